The molecule has 1 aliphatic heterocycles. The Kier molecular flexibility index (Phi) is 5.52. The monoisotopic (exact) mass is 465 g/mol. The zero-order chi connectivity index (χ0) is 23.8. The second kappa shape index (κ2) is 8.98. The number of aromatic nitrogens is 3. The Bertz CT molecular complexity index is 1410. The molecule has 3 heterocycles. The van der Waals surface area contributed by atoms with Crippen LogP contribution in [0.25, 0.3) is 22.2 Å². The van der Waals surface area contributed by atoms with Gasteiger partial charge in [0.2, 0.25) is 5.95 Å². The van der Waals surface area contributed by atoms with Gasteiger partial charge in [-0.2, -0.15) is 9.97 Å². The Morgan fingerprint density at radius 1 is 0.800 bits per heavy atom. The van der Waals surface area contributed by atoms with Gasteiger partial charge in [0.05, 0.1) is 11.1 Å². The third-order valence-corrected chi connectivity index (χ3v) is 6.77. The first-order valence-electron chi connectivity index (χ1n) is 12.3. The largest absolute Gasteiger partial charge is 0.457 e. The molecule has 1 saturated heterocycles. The number of carbonyl (C=O) groups is 1. The van der Waals surface area contributed by atoms with Crippen molar-refractivity contribution in [3.05, 3.63) is 65.9 Å². The van der Waals surface area contributed by atoms with E-state index in [2.05, 4.69) is 9.88 Å². The number of hydrogen-bond acceptors (Lipinski definition) is 7. The van der Waals surface area contributed by atoms with Crippen LogP contribution in [0.4, 0.5) is 11.8 Å². The summed E-state index contributed by atoms with van der Waals surface area (Å²) < 4.78 is 6.08. The molecule has 1 fully saturated rings. The summed E-state index contributed by atoms with van der Waals surface area (Å²) in [6.07, 6.45) is 5.49. The highest BCUT2D eigenvalue weighted by molar-refractivity contribution is 6.13. The topological polar surface area (TPSA) is 94.2 Å². The number of nitrogens with zero attached hydrogens (tertiary/aromatic N) is 4. The van der Waals surface area contributed by atoms with E-state index in [9.17, 15) is 4.79 Å². The maximum absolute atomic E-state index is 13.2. The lowest BCUT2D eigenvalue weighted by Crippen LogP contribution is -2.31. The first kappa shape index (κ1) is 21.5. The number of carbonyl (C=O) groups excluding carboxylic acids is 1. The second-order valence-electron chi connectivity index (χ2n) is 9.18. The van der Waals surface area contributed by atoms with Crippen molar-refractivity contribution in [1.82, 2.24) is 15.0 Å². The van der Waals surface area contributed by atoms with Crippen LogP contribution in [0.3, 0.4) is 0 Å². The Morgan fingerprint density at radius 3 is 2.43 bits per heavy atom. The van der Waals surface area contributed by atoms with Crippen molar-refractivity contribution in [2.45, 2.75) is 38.5 Å². The van der Waals surface area contributed by atoms with Crippen LogP contribution in [0, 0.1) is 0 Å². The first-order chi connectivity index (χ1) is 17.2. The Balaban J connectivity index is 1.53. The van der Waals surface area contributed by atoms with Crippen molar-refractivity contribution in [3.63, 3.8) is 0 Å². The highest BCUT2D eigenvalue weighted by atomic mass is 16.5. The third-order valence-electron chi connectivity index (χ3n) is 6.77. The summed E-state index contributed by atoms with van der Waals surface area (Å²) in [6.45, 7) is 1.83. The van der Waals surface area contributed by atoms with Gasteiger partial charge in [0.15, 0.2) is 11.4 Å². The zero-order valence-electron chi connectivity index (χ0n) is 19.5. The van der Waals surface area contributed by atoms with Crippen LogP contribution in [0.5, 0.6) is 11.5 Å². The van der Waals surface area contributed by atoms with E-state index in [1.165, 1.54) is 6.42 Å². The number of piperidine rings is 1. The average Bonchev–Trinajstić information content (AvgIpc) is 2.89. The molecule has 6 rings (SSSR count). The number of para-hydroxylation sites is 1. The molecule has 2 aliphatic rings. The summed E-state index contributed by atoms with van der Waals surface area (Å²) in [6, 6.07) is 17.4. The maximum Gasteiger partial charge on any atom is 0.229 e. The van der Waals surface area contributed by atoms with Gasteiger partial charge in [-0.1, -0.05) is 30.3 Å². The number of fused-ring (bicyclic) bond motifs is 2. The number of ether oxygens (including phenoxy) is 1. The lowest BCUT2D eigenvalue weighted by atomic mass is 9.86. The summed E-state index contributed by atoms with van der Waals surface area (Å²) in [5, 5.41) is 0.636. The quantitative estimate of drug-likeness (QED) is 0.421. The van der Waals surface area contributed by atoms with Crippen LogP contribution in [-0.4, -0.2) is 33.8 Å². The van der Waals surface area contributed by atoms with Crippen molar-refractivity contribution in [2.24, 2.45) is 0 Å². The molecule has 35 heavy (non-hydrogen) atoms. The lowest BCUT2D eigenvalue weighted by Gasteiger charge is -2.27. The van der Waals surface area contributed by atoms with Crippen LogP contribution in [0.2, 0.25) is 0 Å². The molecule has 0 spiro atoms. The number of nitrogen functional groups attached to an aromatic ring is 1. The predicted molar refractivity (Wildman–Crippen MR) is 137 cm³/mol. The van der Waals surface area contributed by atoms with Crippen molar-refractivity contribution >= 4 is 28.6 Å². The number of Topliss-reactive ketones (excluding diaryl/α,β-unsaturated/α-hetero) is 1. The van der Waals surface area contributed by atoms with E-state index in [-0.39, 0.29) is 5.78 Å². The van der Waals surface area contributed by atoms with E-state index in [1.54, 1.807) is 0 Å². The van der Waals surface area contributed by atoms with Crippen LogP contribution in [0.15, 0.2) is 54.6 Å². The van der Waals surface area contributed by atoms with Gasteiger partial charge >= 0.3 is 0 Å². The summed E-state index contributed by atoms with van der Waals surface area (Å²) in [5.41, 5.74) is 10.2. The highest BCUT2D eigenvalue weighted by Gasteiger charge is 2.28. The Morgan fingerprint density at radius 2 is 1.60 bits per heavy atom. The van der Waals surface area contributed by atoms with Crippen molar-refractivity contribution in [1.29, 1.82) is 0 Å². The molecule has 2 aromatic heterocycles. The number of ketones is 1. The molecule has 0 unspecified atom stereocenters. The Hall–Kier alpha value is -4.00. The SMILES string of the molecule is Nc1nc(N2CCCCC2)nc2nc3c(c(-c4cccc(Oc5ccccc5)c4)c12)C(=O)CCC3. The molecule has 0 amide bonds. The fourth-order valence-corrected chi connectivity index (χ4v) is 5.11. The third kappa shape index (κ3) is 4.07. The van der Waals surface area contributed by atoms with E-state index < -0.39 is 0 Å². The van der Waals surface area contributed by atoms with Crippen LogP contribution < -0.4 is 15.4 Å². The molecule has 0 saturated carbocycles. The number of aryl methyl sites for hydroxylation is 1. The van der Waals surface area contributed by atoms with Gasteiger partial charge in [-0.3, -0.25) is 4.79 Å². The number of pyridine rings is 1. The van der Waals surface area contributed by atoms with Gasteiger partial charge in [-0.25, -0.2) is 4.98 Å². The van der Waals surface area contributed by atoms with Crippen LogP contribution in [0.1, 0.15) is 48.2 Å². The summed E-state index contributed by atoms with van der Waals surface area (Å²) in [4.78, 5) is 29.7. The molecular weight excluding hydrogens is 438 g/mol. The van der Waals surface area contributed by atoms with E-state index in [0.717, 1.165) is 61.3 Å². The fourth-order valence-electron chi connectivity index (χ4n) is 5.11. The molecule has 4 aromatic rings. The molecule has 176 valence electrons. The van der Waals surface area contributed by atoms with Gasteiger partial charge in [0.1, 0.15) is 17.3 Å². The van der Waals surface area contributed by atoms with E-state index in [0.29, 0.717) is 40.5 Å². The van der Waals surface area contributed by atoms with Crippen molar-refractivity contribution < 1.29 is 9.53 Å². The molecule has 0 atom stereocenters. The molecule has 2 aromatic carbocycles. The molecule has 7 heteroatoms. The molecule has 7 nitrogen and oxygen atoms in total. The second-order valence-corrected chi connectivity index (χ2v) is 9.18. The molecule has 2 N–H and O–H groups in total. The molecule has 0 bridgehead atoms. The zero-order valence-corrected chi connectivity index (χ0v) is 19.5. The highest BCUT2D eigenvalue weighted by Crippen LogP contribution is 2.40. The summed E-state index contributed by atoms with van der Waals surface area (Å²) in [5.74, 6) is 2.49. The van der Waals surface area contributed by atoms with Crippen LogP contribution in [-0.2, 0) is 6.42 Å². The first-order valence-corrected chi connectivity index (χ1v) is 12.3. The normalized spacial score (nSPS) is 15.8. The smallest absolute Gasteiger partial charge is 0.229 e. The minimum absolute atomic E-state index is 0.0875. The van der Waals surface area contributed by atoms with E-state index in [1.807, 2.05) is 54.6 Å². The fraction of sp³-hybridized carbons (Fsp3) is 0.286. The number of nitrogens with two attached hydrogens (primary N) is 1. The van der Waals surface area contributed by atoms with Crippen molar-refractivity contribution in [2.75, 3.05) is 23.7 Å². The van der Waals surface area contributed by atoms with E-state index >= 15 is 0 Å². The number of benzene rings is 2. The number of anilines is 2. The van der Waals surface area contributed by atoms with Gasteiger partial charge in [-0.05, 0) is 61.9 Å². The minimum Gasteiger partial charge on any atom is -0.457 e. The average molecular weight is 466 g/mol. The predicted octanol–water partition coefficient (Wildman–Crippen LogP) is 5.58. The number of hydrogen-bond donors (Lipinski definition) is 1. The van der Waals surface area contributed by atoms with Gasteiger partial charge in [0.25, 0.3) is 0 Å². The van der Waals surface area contributed by atoms with Crippen LogP contribution >= 0.6 is 0 Å². The van der Waals surface area contributed by atoms with Gasteiger partial charge in [-0.15, -0.1) is 0 Å². The molecular formula is C28H27N5O2. The van der Waals surface area contributed by atoms with E-state index in [4.69, 9.17) is 20.4 Å². The lowest BCUT2D eigenvalue weighted by molar-refractivity contribution is 0.0972. The Labute approximate surface area is 204 Å². The minimum atomic E-state index is 0.0875. The summed E-state index contributed by atoms with van der Waals surface area (Å²) in [7, 11) is 0. The van der Waals surface area contributed by atoms with Gasteiger partial charge in [0, 0.05) is 30.6 Å². The molecule has 0 radical (unpaired) electrons. The van der Waals surface area contributed by atoms with Gasteiger partial charge < -0.3 is 15.4 Å². The number of rotatable bonds is 4. The standard InChI is InChI=1S/C28H27N5O2/c29-26-25-23(18-9-7-12-20(17-18)35-19-10-3-1-4-11-19)24-21(13-8-14-22(24)34)30-27(25)32-28(31-26)33-15-5-2-6-16-33/h1,3-4,7,9-12,17H,2,5-6,8,13-16H2,(H2,29,30,31,32). The van der Waals surface area contributed by atoms with Crippen molar-refractivity contribution in [3.8, 4) is 22.6 Å². The maximum atomic E-state index is 13.2. The molecule has 1 aliphatic carbocycles. The summed E-state index contributed by atoms with van der Waals surface area (Å²) >= 11 is 0.